The van der Waals surface area contributed by atoms with Gasteiger partial charge in [0, 0.05) is 50.0 Å². The third kappa shape index (κ3) is 5.65. The Morgan fingerprint density at radius 3 is 2.47 bits per heavy atom. The second-order valence-electron chi connectivity index (χ2n) is 9.36. The monoisotopic (exact) mass is 590 g/mol. The van der Waals surface area contributed by atoms with Crippen molar-refractivity contribution < 1.29 is 24.0 Å². The Morgan fingerprint density at radius 1 is 1.03 bits per heavy atom. The zero-order chi connectivity index (χ0) is 23.5. The van der Waals surface area contributed by atoms with E-state index >= 15 is 0 Å². The minimum atomic E-state index is 0. The molecule has 34 heavy (non-hydrogen) atoms. The van der Waals surface area contributed by atoms with Crippen LogP contribution >= 0.6 is 11.3 Å². The maximum Gasteiger partial charge on any atom is 0.201 e. The first-order valence-corrected chi connectivity index (χ1v) is 13.3. The summed E-state index contributed by atoms with van der Waals surface area (Å²) in [4.78, 5) is 11.7. The number of rotatable bonds is 5. The Morgan fingerprint density at radius 2 is 1.79 bits per heavy atom. The van der Waals surface area contributed by atoms with E-state index in [1.54, 1.807) is 0 Å². The number of fused-ring (bicyclic) bond motifs is 2. The van der Waals surface area contributed by atoms with Crippen molar-refractivity contribution in [3.05, 3.63) is 52.9 Å². The van der Waals surface area contributed by atoms with Crippen LogP contribution in [-0.2, 0) is 12.8 Å². The highest BCUT2D eigenvalue weighted by Crippen LogP contribution is 2.36. The van der Waals surface area contributed by atoms with E-state index in [9.17, 15) is 0 Å². The van der Waals surface area contributed by atoms with Gasteiger partial charge in [-0.2, -0.15) is 0 Å². The summed E-state index contributed by atoms with van der Waals surface area (Å²) in [6.07, 6.45) is 7.69. The zero-order valence-electron chi connectivity index (χ0n) is 21.6. The lowest BCUT2D eigenvalue weighted by molar-refractivity contribution is -0.00000695. The molecule has 3 aliphatic rings. The molecule has 1 saturated heterocycles. The quantitative estimate of drug-likeness (QED) is 0.197. The fourth-order valence-electron chi connectivity index (χ4n) is 4.92. The predicted molar refractivity (Wildman–Crippen MR) is 145 cm³/mol. The highest BCUT2D eigenvalue weighted by Gasteiger charge is 2.20. The summed E-state index contributed by atoms with van der Waals surface area (Å²) in [6, 6.07) is 9.90. The number of hydrogen-bond donors (Lipinski definition) is 0. The van der Waals surface area contributed by atoms with E-state index in [0.717, 1.165) is 39.0 Å². The van der Waals surface area contributed by atoms with Crippen LogP contribution in [0.15, 0.2) is 36.4 Å². The van der Waals surface area contributed by atoms with Gasteiger partial charge in [0.25, 0.3) is 0 Å². The van der Waals surface area contributed by atoms with E-state index in [0.29, 0.717) is 6.04 Å². The second-order valence-corrected chi connectivity index (χ2v) is 10.4. The molecule has 1 aliphatic carbocycles. The third-order valence-electron chi connectivity index (χ3n) is 6.94. The van der Waals surface area contributed by atoms with Gasteiger partial charge in [0.05, 0.1) is 20.8 Å². The van der Waals surface area contributed by atoms with Crippen molar-refractivity contribution in [3.63, 3.8) is 0 Å². The van der Waals surface area contributed by atoms with Gasteiger partial charge < -0.3 is 28.9 Å². The first-order valence-electron chi connectivity index (χ1n) is 12.5. The SMILES string of the molecule is C/C=C/C(C)N1CCCN(c2cc(CC)c3nc4c(CC)cc(=[N+](C)C)cc-4sc3c2)CC1.[I-]. The normalized spacial score (nSPS) is 16.1. The van der Waals surface area contributed by atoms with Gasteiger partial charge >= 0.3 is 0 Å². The van der Waals surface area contributed by atoms with Crippen LogP contribution in [-0.4, -0.2) is 56.2 Å². The Bertz CT molecular complexity index is 1190. The summed E-state index contributed by atoms with van der Waals surface area (Å²) in [7, 11) is 4.24. The number of anilines is 1. The van der Waals surface area contributed by atoms with Crippen LogP contribution in [0.4, 0.5) is 5.69 Å². The number of aryl methyl sites for hydroxylation is 2. The maximum atomic E-state index is 5.24. The standard InChI is InChI=1S/C28H39N4S.HI/c1-7-11-20(4)31-12-10-13-32(15-14-31)24-17-22(9-3)28-26(19-24)33-25-18-23(30(5)6)16-21(8-2)27(25)29-28;/h7,11,16-20H,8-10,12-15H2,1-6H3;1H/q+1;/p-1/b11-7+;. The molecule has 2 aliphatic heterocycles. The van der Waals surface area contributed by atoms with Crippen molar-refractivity contribution in [2.45, 2.75) is 53.0 Å². The van der Waals surface area contributed by atoms with E-state index in [2.05, 4.69) is 92.6 Å². The summed E-state index contributed by atoms with van der Waals surface area (Å²) in [5, 5.41) is 1.26. The van der Waals surface area contributed by atoms with Gasteiger partial charge in [-0.15, -0.1) is 11.3 Å². The Hall–Kier alpha value is -1.51. The number of benzene rings is 2. The lowest BCUT2D eigenvalue weighted by atomic mass is 10.1. The van der Waals surface area contributed by atoms with Crippen LogP contribution in [0, 0.1) is 0 Å². The van der Waals surface area contributed by atoms with Crippen LogP contribution < -0.4 is 38.8 Å². The minimum absolute atomic E-state index is 0. The number of hydrogen-bond acceptors (Lipinski definition) is 4. The van der Waals surface area contributed by atoms with Crippen LogP contribution in [0.2, 0.25) is 0 Å². The van der Waals surface area contributed by atoms with E-state index in [-0.39, 0.29) is 24.0 Å². The number of halogens is 1. The van der Waals surface area contributed by atoms with Crippen molar-refractivity contribution in [1.82, 2.24) is 14.5 Å². The topological polar surface area (TPSA) is 22.4 Å². The van der Waals surface area contributed by atoms with Gasteiger partial charge in [-0.25, -0.2) is 9.56 Å². The second kappa shape index (κ2) is 12.0. The van der Waals surface area contributed by atoms with E-state index in [1.807, 2.05) is 11.3 Å². The number of aromatic nitrogens is 1. The molecule has 2 heterocycles. The fraction of sp³-hybridized carbons (Fsp3) is 0.500. The smallest absolute Gasteiger partial charge is 0.201 e. The Kier molecular flexibility index (Phi) is 9.52. The lowest BCUT2D eigenvalue weighted by Gasteiger charge is -2.27. The molecule has 0 aromatic heterocycles. The van der Waals surface area contributed by atoms with Gasteiger partial charge in [0.2, 0.25) is 5.36 Å². The van der Waals surface area contributed by atoms with Crippen molar-refractivity contribution in [1.29, 1.82) is 0 Å². The first kappa shape index (κ1) is 27.1. The number of nitrogens with zero attached hydrogens (tertiary/aromatic N) is 4. The molecule has 184 valence electrons. The summed E-state index contributed by atoms with van der Waals surface area (Å²) in [5.41, 5.74) is 6.42. The highest BCUT2D eigenvalue weighted by molar-refractivity contribution is 7.21. The van der Waals surface area contributed by atoms with Crippen molar-refractivity contribution >= 4 is 27.2 Å². The van der Waals surface area contributed by atoms with Crippen molar-refractivity contribution in [2.24, 2.45) is 0 Å². The average Bonchev–Trinajstić information content (AvgIpc) is 3.08. The van der Waals surface area contributed by atoms with Crippen molar-refractivity contribution in [3.8, 4) is 10.6 Å². The van der Waals surface area contributed by atoms with Crippen LogP contribution in [0.3, 0.4) is 0 Å². The minimum Gasteiger partial charge on any atom is -1.00 e. The predicted octanol–water partition coefficient (Wildman–Crippen LogP) is 2.04. The summed E-state index contributed by atoms with van der Waals surface area (Å²) in [6.45, 7) is 13.4. The van der Waals surface area contributed by atoms with Crippen LogP contribution in [0.5, 0.6) is 0 Å². The fourth-order valence-corrected chi connectivity index (χ4v) is 6.06. The van der Waals surface area contributed by atoms with Gasteiger partial charge in [-0.05, 0) is 56.4 Å². The molecule has 0 bridgehead atoms. The average molecular weight is 591 g/mol. The zero-order valence-corrected chi connectivity index (χ0v) is 24.5. The van der Waals surface area contributed by atoms with E-state index < -0.39 is 0 Å². The lowest BCUT2D eigenvalue weighted by Crippen LogP contribution is -3.00. The van der Waals surface area contributed by atoms with Gasteiger partial charge in [-0.1, -0.05) is 26.0 Å². The van der Waals surface area contributed by atoms with Gasteiger partial charge in [0.1, 0.15) is 14.1 Å². The molecule has 4 nitrogen and oxygen atoms in total. The molecule has 0 N–H and O–H groups in total. The molecule has 1 aromatic rings. The Balaban J connectivity index is 0.00000324. The van der Waals surface area contributed by atoms with Crippen LogP contribution in [0.25, 0.3) is 20.8 Å². The molecule has 1 fully saturated rings. The highest BCUT2D eigenvalue weighted by atomic mass is 127. The Labute approximate surface area is 226 Å². The third-order valence-corrected chi connectivity index (χ3v) is 8.00. The maximum absolute atomic E-state index is 5.24. The summed E-state index contributed by atoms with van der Waals surface area (Å²) in [5.74, 6) is 0. The van der Waals surface area contributed by atoms with E-state index in [1.165, 1.54) is 49.4 Å². The molecular weight excluding hydrogens is 551 g/mol. The molecule has 0 amide bonds. The van der Waals surface area contributed by atoms with Crippen LogP contribution in [0.1, 0.15) is 45.2 Å². The van der Waals surface area contributed by atoms with Gasteiger partial charge in [-0.3, -0.25) is 4.90 Å². The van der Waals surface area contributed by atoms with Gasteiger partial charge in [0.15, 0.2) is 0 Å². The summed E-state index contributed by atoms with van der Waals surface area (Å²) >= 11 is 1.90. The molecule has 1 unspecified atom stereocenters. The molecule has 1 aromatic carbocycles. The van der Waals surface area contributed by atoms with E-state index in [4.69, 9.17) is 4.98 Å². The molecule has 1 atom stereocenters. The molecule has 0 spiro atoms. The molecule has 0 saturated carbocycles. The molecule has 6 heteroatoms. The largest absolute Gasteiger partial charge is 1.00 e. The first-order chi connectivity index (χ1) is 15.9. The molecule has 4 rings (SSSR count). The molecular formula is C28H39IN4S. The van der Waals surface area contributed by atoms with Crippen molar-refractivity contribution in [2.75, 3.05) is 45.2 Å². The molecule has 0 radical (unpaired) electrons. The summed E-state index contributed by atoms with van der Waals surface area (Å²) < 4.78 is 3.50. The number of allylic oxidation sites excluding steroid dienone is 1.